The van der Waals surface area contributed by atoms with Gasteiger partial charge in [0.25, 0.3) is 0 Å². The molecule has 2 aromatic rings. The van der Waals surface area contributed by atoms with Crippen LogP contribution in [0.25, 0.3) is 11.1 Å². The normalized spacial score (nSPS) is 18.2. The number of hydrogen-bond donors (Lipinski definition) is 2. The van der Waals surface area contributed by atoms with Crippen molar-refractivity contribution in [1.82, 2.24) is 10.2 Å². The van der Waals surface area contributed by atoms with Gasteiger partial charge in [0, 0.05) is 6.42 Å². The molecule has 0 radical (unpaired) electrons. The third kappa shape index (κ3) is 4.71. The molecule has 1 heterocycles. The number of nitrogens with zero attached hydrogens (tertiary/aromatic N) is 1. The van der Waals surface area contributed by atoms with Crippen LogP contribution in [0.15, 0.2) is 48.5 Å². The van der Waals surface area contributed by atoms with Crippen LogP contribution < -0.4 is 5.32 Å². The van der Waals surface area contributed by atoms with Crippen molar-refractivity contribution in [2.45, 2.75) is 31.3 Å². The lowest BCUT2D eigenvalue weighted by atomic mass is 10.0. The Hall–Kier alpha value is -2.73. The first-order valence-electron chi connectivity index (χ1n) is 9.02. The number of likely N-dealkylation sites (tertiary alicyclic amines) is 1. The van der Waals surface area contributed by atoms with Gasteiger partial charge in [-0.25, -0.2) is 9.18 Å². The molecule has 0 aromatic heterocycles. The van der Waals surface area contributed by atoms with Crippen molar-refractivity contribution in [3.8, 4) is 11.1 Å². The molecule has 1 amide bonds. The third-order valence-electron chi connectivity index (χ3n) is 5.01. The van der Waals surface area contributed by atoms with Crippen LogP contribution in [-0.2, 0) is 16.0 Å². The van der Waals surface area contributed by atoms with Gasteiger partial charge in [-0.2, -0.15) is 0 Å². The molecule has 1 fully saturated rings. The fraction of sp³-hybridized carbons (Fsp3) is 0.333. The van der Waals surface area contributed by atoms with Crippen LogP contribution in [0.5, 0.6) is 0 Å². The Morgan fingerprint density at radius 3 is 2.26 bits per heavy atom. The van der Waals surface area contributed by atoms with Crippen LogP contribution in [0.2, 0.25) is 0 Å². The Morgan fingerprint density at radius 1 is 1.15 bits per heavy atom. The van der Waals surface area contributed by atoms with Gasteiger partial charge in [-0.15, -0.1) is 0 Å². The number of likely N-dealkylation sites (N-methyl/N-ethyl adjacent to an activating group) is 1. The number of nitrogens with one attached hydrogen (secondary N) is 1. The zero-order chi connectivity index (χ0) is 19.4. The first kappa shape index (κ1) is 19.0. The summed E-state index contributed by atoms with van der Waals surface area (Å²) in [5, 5.41) is 12.2. The van der Waals surface area contributed by atoms with Gasteiger partial charge < -0.3 is 10.4 Å². The number of carbonyl (C=O) groups excluding carboxylic acids is 1. The molecule has 0 unspecified atom stereocenters. The number of rotatable bonds is 6. The molecule has 3 rings (SSSR count). The lowest BCUT2D eigenvalue weighted by Gasteiger charge is -2.22. The highest BCUT2D eigenvalue weighted by Gasteiger charge is 2.30. The number of carboxylic acids is 1. The van der Waals surface area contributed by atoms with Gasteiger partial charge in [-0.05, 0) is 55.3 Å². The number of benzene rings is 2. The summed E-state index contributed by atoms with van der Waals surface area (Å²) >= 11 is 0. The van der Waals surface area contributed by atoms with Crippen LogP contribution >= 0.6 is 0 Å². The molecule has 27 heavy (non-hydrogen) atoms. The summed E-state index contributed by atoms with van der Waals surface area (Å²) in [6.45, 7) is 0.848. The molecule has 1 aliphatic rings. The maximum absolute atomic E-state index is 13.0. The third-order valence-corrected chi connectivity index (χ3v) is 5.01. The number of amides is 1. The van der Waals surface area contributed by atoms with Crippen LogP contribution in [0, 0.1) is 5.82 Å². The van der Waals surface area contributed by atoms with Crippen molar-refractivity contribution in [3.05, 3.63) is 59.9 Å². The number of halogens is 1. The number of hydrogen-bond acceptors (Lipinski definition) is 3. The molecule has 0 bridgehead atoms. The lowest BCUT2D eigenvalue weighted by molar-refractivity contribution is -0.142. The van der Waals surface area contributed by atoms with Gasteiger partial charge in [0.1, 0.15) is 11.9 Å². The summed E-state index contributed by atoms with van der Waals surface area (Å²) in [6, 6.07) is 12.4. The van der Waals surface area contributed by atoms with E-state index in [9.17, 15) is 19.1 Å². The summed E-state index contributed by atoms with van der Waals surface area (Å²) < 4.78 is 13.0. The Kier molecular flexibility index (Phi) is 5.86. The van der Waals surface area contributed by atoms with Crippen molar-refractivity contribution in [1.29, 1.82) is 0 Å². The second-order valence-corrected chi connectivity index (χ2v) is 6.95. The molecule has 1 saturated heterocycles. The summed E-state index contributed by atoms with van der Waals surface area (Å²) in [7, 11) is 1.88. The zero-order valence-electron chi connectivity index (χ0n) is 15.2. The maximum atomic E-state index is 13.0. The minimum atomic E-state index is -1.05. The van der Waals surface area contributed by atoms with Crippen LogP contribution in [0.3, 0.4) is 0 Å². The zero-order valence-corrected chi connectivity index (χ0v) is 15.2. The highest BCUT2D eigenvalue weighted by atomic mass is 19.1. The largest absolute Gasteiger partial charge is 0.480 e. The molecule has 0 saturated carbocycles. The van der Waals surface area contributed by atoms with Crippen molar-refractivity contribution in [2.24, 2.45) is 0 Å². The van der Waals surface area contributed by atoms with Gasteiger partial charge in [0.2, 0.25) is 5.91 Å². The molecule has 0 spiro atoms. The van der Waals surface area contributed by atoms with E-state index in [0.29, 0.717) is 0 Å². The second kappa shape index (κ2) is 8.31. The summed E-state index contributed by atoms with van der Waals surface area (Å²) in [5.41, 5.74) is 2.62. The topological polar surface area (TPSA) is 69.6 Å². The fourth-order valence-electron chi connectivity index (χ4n) is 3.42. The molecule has 2 N–H and O–H groups in total. The fourth-order valence-corrected chi connectivity index (χ4v) is 3.42. The molecule has 5 nitrogen and oxygen atoms in total. The van der Waals surface area contributed by atoms with E-state index in [4.69, 9.17) is 0 Å². The molecular formula is C21H23FN2O3. The van der Waals surface area contributed by atoms with E-state index in [1.54, 1.807) is 12.1 Å². The van der Waals surface area contributed by atoms with Crippen molar-refractivity contribution >= 4 is 11.9 Å². The van der Waals surface area contributed by atoms with Crippen LogP contribution in [0.4, 0.5) is 4.39 Å². The highest BCUT2D eigenvalue weighted by molar-refractivity contribution is 5.87. The van der Waals surface area contributed by atoms with Gasteiger partial charge in [0.05, 0.1) is 6.04 Å². The quantitative estimate of drug-likeness (QED) is 0.820. The lowest BCUT2D eigenvalue weighted by Crippen LogP contribution is -2.49. The van der Waals surface area contributed by atoms with E-state index in [1.165, 1.54) is 12.1 Å². The summed E-state index contributed by atoms with van der Waals surface area (Å²) in [4.78, 5) is 25.9. The van der Waals surface area contributed by atoms with Gasteiger partial charge >= 0.3 is 5.97 Å². The molecule has 2 aromatic carbocycles. The Balaban J connectivity index is 1.66. The average Bonchev–Trinajstić information content (AvgIpc) is 3.08. The predicted octanol–water partition coefficient (Wildman–Crippen LogP) is 2.70. The second-order valence-electron chi connectivity index (χ2n) is 6.95. The Morgan fingerprint density at radius 2 is 1.74 bits per heavy atom. The van der Waals surface area contributed by atoms with Crippen LogP contribution in [0.1, 0.15) is 18.4 Å². The van der Waals surface area contributed by atoms with E-state index in [0.717, 1.165) is 36.1 Å². The van der Waals surface area contributed by atoms with E-state index in [2.05, 4.69) is 5.32 Å². The molecule has 2 atom stereocenters. The van der Waals surface area contributed by atoms with Crippen molar-refractivity contribution in [3.63, 3.8) is 0 Å². The monoisotopic (exact) mass is 370 g/mol. The number of carbonyl (C=O) groups is 2. The van der Waals surface area contributed by atoms with E-state index in [-0.39, 0.29) is 24.2 Å². The minimum Gasteiger partial charge on any atom is -0.480 e. The van der Waals surface area contributed by atoms with E-state index in [1.807, 2.05) is 36.2 Å². The van der Waals surface area contributed by atoms with E-state index < -0.39 is 12.0 Å². The van der Waals surface area contributed by atoms with E-state index >= 15 is 0 Å². The highest BCUT2D eigenvalue weighted by Crippen LogP contribution is 2.21. The molecule has 142 valence electrons. The van der Waals surface area contributed by atoms with Crippen molar-refractivity contribution in [2.75, 3.05) is 13.6 Å². The predicted molar refractivity (Wildman–Crippen MR) is 101 cm³/mol. The molecule has 1 aliphatic heterocycles. The average molecular weight is 370 g/mol. The van der Waals surface area contributed by atoms with Crippen LogP contribution in [-0.4, -0.2) is 47.6 Å². The first-order chi connectivity index (χ1) is 12.9. The van der Waals surface area contributed by atoms with Gasteiger partial charge in [-0.1, -0.05) is 36.4 Å². The first-order valence-corrected chi connectivity index (χ1v) is 9.02. The standard InChI is InChI=1S/C21H23FN2O3/c1-24-12-2-3-19(24)20(25)23-18(21(26)27)13-14-4-6-15(7-5-14)16-8-10-17(22)11-9-16/h4-11,18-19H,2-3,12-13H2,1H3,(H,23,25)(H,26,27)/t18-,19-/m0/s1. The number of aliphatic carboxylic acids is 1. The van der Waals surface area contributed by atoms with Gasteiger partial charge in [0.15, 0.2) is 0 Å². The molecular weight excluding hydrogens is 347 g/mol. The maximum Gasteiger partial charge on any atom is 0.326 e. The Bertz CT molecular complexity index is 805. The molecule has 0 aliphatic carbocycles. The van der Waals surface area contributed by atoms with Gasteiger partial charge in [-0.3, -0.25) is 9.69 Å². The smallest absolute Gasteiger partial charge is 0.326 e. The minimum absolute atomic E-state index is 0.210. The number of carboxylic acid groups (broad SMARTS) is 1. The summed E-state index contributed by atoms with van der Waals surface area (Å²) in [5.74, 6) is -1.57. The van der Waals surface area contributed by atoms with Crippen molar-refractivity contribution < 1.29 is 19.1 Å². The molecule has 6 heteroatoms. The summed E-state index contributed by atoms with van der Waals surface area (Å²) in [6.07, 6.45) is 1.90. The Labute approximate surface area is 157 Å². The SMILES string of the molecule is CN1CCC[C@H]1C(=O)N[C@@H](Cc1ccc(-c2ccc(F)cc2)cc1)C(=O)O.